The highest BCUT2D eigenvalue weighted by molar-refractivity contribution is 7.98. The van der Waals surface area contributed by atoms with E-state index in [1.165, 1.54) is 0 Å². The summed E-state index contributed by atoms with van der Waals surface area (Å²) in [4.78, 5) is 21.5. The van der Waals surface area contributed by atoms with Gasteiger partial charge in [0.1, 0.15) is 0 Å². The molecule has 5 nitrogen and oxygen atoms in total. The van der Waals surface area contributed by atoms with E-state index < -0.39 is 0 Å². The Labute approximate surface area is 197 Å². The predicted octanol–water partition coefficient (Wildman–Crippen LogP) is 5.95. The molecule has 0 aliphatic rings. The summed E-state index contributed by atoms with van der Waals surface area (Å²) in [6.07, 6.45) is 4.50. The lowest BCUT2D eigenvalue weighted by molar-refractivity contribution is 0.0939. The van der Waals surface area contributed by atoms with Crippen LogP contribution < -0.4 is 5.32 Å². The SMILES string of the molecule is CC[C@@H](C)NC(=O)c1ccc(Cn2c(SCc3ccccc3Cl)nc3ccncc32)cc1. The number of fused-ring (bicyclic) bond motifs is 1. The summed E-state index contributed by atoms with van der Waals surface area (Å²) in [5.41, 5.74) is 4.72. The fourth-order valence-electron chi connectivity index (χ4n) is 3.32. The lowest BCUT2D eigenvalue weighted by Crippen LogP contribution is -2.31. The number of hydrogen-bond acceptors (Lipinski definition) is 4. The molecule has 0 aliphatic heterocycles. The van der Waals surface area contributed by atoms with Crippen LogP contribution in [0.15, 0.2) is 72.1 Å². The molecular formula is C25H25ClN4OS. The molecule has 4 rings (SSSR count). The van der Waals surface area contributed by atoms with Crippen LogP contribution in [-0.4, -0.2) is 26.5 Å². The molecule has 0 fully saturated rings. The van der Waals surface area contributed by atoms with Crippen molar-refractivity contribution < 1.29 is 4.79 Å². The maximum absolute atomic E-state index is 12.4. The number of hydrogen-bond donors (Lipinski definition) is 1. The van der Waals surface area contributed by atoms with Crippen molar-refractivity contribution >= 4 is 40.3 Å². The second kappa shape index (κ2) is 10.2. The Balaban J connectivity index is 1.56. The van der Waals surface area contributed by atoms with Crippen molar-refractivity contribution in [2.75, 3.05) is 0 Å². The number of pyridine rings is 1. The molecule has 0 bridgehead atoms. The molecule has 0 saturated carbocycles. The highest BCUT2D eigenvalue weighted by Gasteiger charge is 2.14. The van der Waals surface area contributed by atoms with Crippen molar-refractivity contribution in [1.29, 1.82) is 0 Å². The van der Waals surface area contributed by atoms with Gasteiger partial charge < -0.3 is 9.88 Å². The zero-order chi connectivity index (χ0) is 22.5. The molecule has 2 heterocycles. The lowest BCUT2D eigenvalue weighted by atomic mass is 10.1. The number of imidazole rings is 1. The van der Waals surface area contributed by atoms with E-state index in [-0.39, 0.29) is 11.9 Å². The monoisotopic (exact) mass is 464 g/mol. The van der Waals surface area contributed by atoms with E-state index >= 15 is 0 Å². The molecule has 32 heavy (non-hydrogen) atoms. The average Bonchev–Trinajstić information content (AvgIpc) is 3.16. The minimum absolute atomic E-state index is 0.0424. The average molecular weight is 465 g/mol. The lowest BCUT2D eigenvalue weighted by Gasteiger charge is -2.12. The molecule has 0 spiro atoms. The molecular weight excluding hydrogens is 440 g/mol. The van der Waals surface area contributed by atoms with Crippen molar-refractivity contribution in [3.8, 4) is 0 Å². The van der Waals surface area contributed by atoms with E-state index in [1.807, 2.05) is 67.7 Å². The zero-order valence-electron chi connectivity index (χ0n) is 18.1. The van der Waals surface area contributed by atoms with E-state index in [4.69, 9.17) is 16.6 Å². The van der Waals surface area contributed by atoms with Crippen LogP contribution in [0.25, 0.3) is 11.0 Å². The van der Waals surface area contributed by atoms with Gasteiger partial charge in [0.05, 0.1) is 23.8 Å². The van der Waals surface area contributed by atoms with Crippen molar-refractivity contribution in [1.82, 2.24) is 19.9 Å². The summed E-state index contributed by atoms with van der Waals surface area (Å²) >= 11 is 7.99. The van der Waals surface area contributed by atoms with E-state index in [1.54, 1.807) is 18.0 Å². The second-order valence-corrected chi connectivity index (χ2v) is 9.05. The Hall–Kier alpha value is -2.83. The van der Waals surface area contributed by atoms with Crippen molar-refractivity contribution in [3.63, 3.8) is 0 Å². The van der Waals surface area contributed by atoms with Gasteiger partial charge >= 0.3 is 0 Å². The molecule has 2 aromatic carbocycles. The first-order valence-corrected chi connectivity index (χ1v) is 12.0. The highest BCUT2D eigenvalue weighted by Crippen LogP contribution is 2.29. The van der Waals surface area contributed by atoms with Crippen LogP contribution >= 0.6 is 23.4 Å². The fraction of sp³-hybridized carbons (Fsp3) is 0.240. The third-order valence-corrected chi connectivity index (χ3v) is 6.77. The number of aromatic nitrogens is 3. The number of nitrogens with zero attached hydrogens (tertiary/aromatic N) is 3. The number of carbonyl (C=O) groups excluding carboxylic acids is 1. The van der Waals surface area contributed by atoms with Crippen LogP contribution in [0.3, 0.4) is 0 Å². The van der Waals surface area contributed by atoms with Gasteiger partial charge in [0, 0.05) is 28.6 Å². The number of amides is 1. The summed E-state index contributed by atoms with van der Waals surface area (Å²) < 4.78 is 2.16. The standard InChI is InChI=1S/C25H25ClN4OS/c1-3-17(2)28-24(31)19-10-8-18(9-11-19)15-30-23-14-27-13-12-22(23)29-25(30)32-16-20-6-4-5-7-21(20)26/h4-14,17H,3,15-16H2,1-2H3,(H,28,31)/t17-/m1/s1. The van der Waals surface area contributed by atoms with E-state index in [0.29, 0.717) is 12.1 Å². The minimum Gasteiger partial charge on any atom is -0.350 e. The first kappa shape index (κ1) is 22.4. The Bertz CT molecular complexity index is 1220. The van der Waals surface area contributed by atoms with Gasteiger partial charge in [-0.15, -0.1) is 0 Å². The molecule has 1 amide bonds. The predicted molar refractivity (Wildman–Crippen MR) is 131 cm³/mol. The number of thioether (sulfide) groups is 1. The quantitative estimate of drug-likeness (QED) is 0.327. The molecule has 164 valence electrons. The molecule has 1 N–H and O–H groups in total. The van der Waals surface area contributed by atoms with Crippen molar-refractivity contribution in [2.45, 2.75) is 43.8 Å². The van der Waals surface area contributed by atoms with Gasteiger partial charge in [-0.25, -0.2) is 4.98 Å². The molecule has 0 radical (unpaired) electrons. The molecule has 0 unspecified atom stereocenters. The van der Waals surface area contributed by atoms with Crippen LogP contribution in [0.1, 0.15) is 41.8 Å². The number of nitrogens with one attached hydrogen (secondary N) is 1. The third kappa shape index (κ3) is 5.14. The smallest absolute Gasteiger partial charge is 0.251 e. The molecule has 0 aliphatic carbocycles. The van der Waals surface area contributed by atoms with E-state index in [9.17, 15) is 4.79 Å². The van der Waals surface area contributed by atoms with Crippen molar-refractivity contribution in [2.24, 2.45) is 0 Å². The van der Waals surface area contributed by atoms with Crippen LogP contribution in [0.2, 0.25) is 5.02 Å². The molecule has 2 aromatic heterocycles. The number of benzene rings is 2. The van der Waals surface area contributed by atoms with Gasteiger partial charge in [-0.2, -0.15) is 0 Å². The van der Waals surface area contributed by atoms with Crippen LogP contribution in [-0.2, 0) is 12.3 Å². The Morgan fingerprint density at radius 2 is 1.94 bits per heavy atom. The van der Waals surface area contributed by atoms with E-state index in [0.717, 1.165) is 44.5 Å². The molecule has 4 aromatic rings. The van der Waals surface area contributed by atoms with Crippen LogP contribution in [0.4, 0.5) is 0 Å². The van der Waals surface area contributed by atoms with Gasteiger partial charge in [-0.05, 0) is 48.7 Å². The molecule has 1 atom stereocenters. The summed E-state index contributed by atoms with van der Waals surface area (Å²) in [7, 11) is 0. The topological polar surface area (TPSA) is 59.8 Å². The maximum atomic E-state index is 12.4. The van der Waals surface area contributed by atoms with Gasteiger partial charge in [0.15, 0.2) is 5.16 Å². The Morgan fingerprint density at radius 3 is 2.69 bits per heavy atom. The normalized spacial score (nSPS) is 12.1. The summed E-state index contributed by atoms with van der Waals surface area (Å²) in [5, 5.41) is 4.67. The van der Waals surface area contributed by atoms with E-state index in [2.05, 4.69) is 21.8 Å². The summed E-state index contributed by atoms with van der Waals surface area (Å²) in [6, 6.07) is 17.7. The van der Waals surface area contributed by atoms with Gasteiger partial charge in [0.25, 0.3) is 5.91 Å². The Morgan fingerprint density at radius 1 is 1.16 bits per heavy atom. The Kier molecular flexibility index (Phi) is 7.12. The fourth-order valence-corrected chi connectivity index (χ4v) is 4.62. The molecule has 0 saturated heterocycles. The van der Waals surface area contributed by atoms with Crippen LogP contribution in [0, 0.1) is 0 Å². The maximum Gasteiger partial charge on any atom is 0.251 e. The van der Waals surface area contributed by atoms with Gasteiger partial charge in [-0.1, -0.05) is 60.6 Å². The van der Waals surface area contributed by atoms with Crippen LogP contribution in [0.5, 0.6) is 0 Å². The minimum atomic E-state index is -0.0424. The number of rotatable bonds is 8. The van der Waals surface area contributed by atoms with Gasteiger partial charge in [-0.3, -0.25) is 9.78 Å². The summed E-state index contributed by atoms with van der Waals surface area (Å²) in [5.74, 6) is 0.685. The summed E-state index contributed by atoms with van der Waals surface area (Å²) in [6.45, 7) is 4.70. The highest BCUT2D eigenvalue weighted by atomic mass is 35.5. The number of carbonyl (C=O) groups is 1. The van der Waals surface area contributed by atoms with Crippen molar-refractivity contribution in [3.05, 3.63) is 88.7 Å². The third-order valence-electron chi connectivity index (χ3n) is 5.38. The first-order chi connectivity index (χ1) is 15.5. The largest absolute Gasteiger partial charge is 0.350 e. The molecule has 7 heteroatoms. The first-order valence-electron chi connectivity index (χ1n) is 10.6. The number of halogens is 1. The second-order valence-electron chi connectivity index (χ2n) is 7.70. The van der Waals surface area contributed by atoms with Gasteiger partial charge in [0.2, 0.25) is 0 Å². The zero-order valence-corrected chi connectivity index (χ0v) is 19.7.